The van der Waals surface area contributed by atoms with E-state index < -0.39 is 0 Å². The van der Waals surface area contributed by atoms with E-state index in [0.717, 1.165) is 27.7 Å². The van der Waals surface area contributed by atoms with Crippen molar-refractivity contribution in [2.75, 3.05) is 45.7 Å². The van der Waals surface area contributed by atoms with Crippen molar-refractivity contribution in [3.63, 3.8) is 0 Å². The summed E-state index contributed by atoms with van der Waals surface area (Å²) in [5.41, 5.74) is 6.90. The first-order chi connectivity index (χ1) is 18.9. The fraction of sp³-hybridized carbons (Fsp3) is 0.300. The second kappa shape index (κ2) is 10.2. The third kappa shape index (κ3) is 4.64. The number of carbonyl (C=O) groups excluding carboxylic acids is 2. The minimum absolute atomic E-state index is 0.161. The summed E-state index contributed by atoms with van der Waals surface area (Å²) in [4.78, 5) is 34.0. The van der Waals surface area contributed by atoms with Crippen LogP contribution in [-0.4, -0.2) is 71.7 Å². The second-order valence-electron chi connectivity index (χ2n) is 10.2. The predicted molar refractivity (Wildman–Crippen MR) is 149 cm³/mol. The highest BCUT2D eigenvalue weighted by atomic mass is 16.5. The molecule has 39 heavy (non-hydrogen) atoms. The Labute approximate surface area is 226 Å². The highest BCUT2D eigenvalue weighted by molar-refractivity contribution is 6.04. The van der Waals surface area contributed by atoms with Gasteiger partial charge in [-0.1, -0.05) is 30.3 Å². The Morgan fingerprint density at radius 2 is 1.82 bits per heavy atom. The highest BCUT2D eigenvalue weighted by Gasteiger charge is 2.28. The summed E-state index contributed by atoms with van der Waals surface area (Å²) < 4.78 is 13.6. The zero-order chi connectivity index (χ0) is 27.1. The number of morpholine rings is 1. The SMILES string of the molecule is CN(C)C(=O)c1cc(-c2cnc3c(c2)c(C2OCc4ccccc42)cn3C)ccc1NC(=O)N1CCOCC1. The Morgan fingerprint density at radius 1 is 1.03 bits per heavy atom. The number of anilines is 1. The molecule has 3 amide bonds. The molecule has 6 rings (SSSR count). The number of aryl methyl sites for hydroxylation is 1. The van der Waals surface area contributed by atoms with Crippen LogP contribution in [0.25, 0.3) is 22.2 Å². The lowest BCUT2D eigenvalue weighted by Crippen LogP contribution is -2.43. The molecule has 2 aliphatic heterocycles. The van der Waals surface area contributed by atoms with E-state index >= 15 is 0 Å². The standard InChI is InChI=1S/C30H31N5O4/c1-33(2)29(36)24-14-19(8-9-26(24)32-30(37)35-10-12-38-13-11-35)21-15-23-25(17-34(3)28(23)31-16-21)27-22-7-5-4-6-20(22)18-39-27/h4-9,14-17,27H,10-13,18H2,1-3H3,(H,32,37). The molecule has 200 valence electrons. The number of nitrogens with one attached hydrogen (secondary N) is 1. The maximum absolute atomic E-state index is 13.2. The molecular formula is C30H31N5O4. The lowest BCUT2D eigenvalue weighted by atomic mass is 9.97. The normalized spacial score (nSPS) is 16.8. The number of aromatic nitrogens is 2. The van der Waals surface area contributed by atoms with Gasteiger partial charge in [-0.05, 0) is 34.9 Å². The first-order valence-electron chi connectivity index (χ1n) is 13.0. The van der Waals surface area contributed by atoms with Gasteiger partial charge in [0, 0.05) is 63.1 Å². The Bertz CT molecular complexity index is 1570. The molecule has 2 aromatic heterocycles. The first-order valence-corrected chi connectivity index (χ1v) is 13.0. The van der Waals surface area contributed by atoms with Crippen molar-refractivity contribution >= 4 is 28.7 Å². The maximum atomic E-state index is 13.2. The lowest BCUT2D eigenvalue weighted by molar-refractivity contribution is 0.0564. The first kappa shape index (κ1) is 25.1. The topological polar surface area (TPSA) is 88.9 Å². The molecule has 0 saturated carbocycles. The molecule has 1 unspecified atom stereocenters. The molecule has 0 radical (unpaired) electrons. The molecule has 1 N–H and O–H groups in total. The number of nitrogens with zero attached hydrogens (tertiary/aromatic N) is 4. The molecule has 0 aliphatic carbocycles. The van der Waals surface area contributed by atoms with Crippen LogP contribution in [0.2, 0.25) is 0 Å². The van der Waals surface area contributed by atoms with Gasteiger partial charge in [0.2, 0.25) is 0 Å². The van der Waals surface area contributed by atoms with Gasteiger partial charge in [-0.2, -0.15) is 0 Å². The van der Waals surface area contributed by atoms with E-state index in [2.05, 4.69) is 29.7 Å². The van der Waals surface area contributed by atoms with Gasteiger partial charge in [-0.3, -0.25) is 4.79 Å². The lowest BCUT2D eigenvalue weighted by Gasteiger charge is -2.27. The summed E-state index contributed by atoms with van der Waals surface area (Å²) in [6.45, 7) is 2.62. The molecule has 2 aliphatic rings. The van der Waals surface area contributed by atoms with Crippen LogP contribution in [0.15, 0.2) is 60.9 Å². The third-order valence-corrected chi connectivity index (χ3v) is 7.40. The van der Waals surface area contributed by atoms with Gasteiger partial charge in [0.1, 0.15) is 11.8 Å². The van der Waals surface area contributed by atoms with E-state index in [0.29, 0.717) is 44.2 Å². The van der Waals surface area contributed by atoms with Crippen LogP contribution in [-0.2, 0) is 23.1 Å². The van der Waals surface area contributed by atoms with Crippen molar-refractivity contribution in [1.29, 1.82) is 0 Å². The monoisotopic (exact) mass is 525 g/mol. The average Bonchev–Trinajstić information content (AvgIpc) is 3.53. The predicted octanol–water partition coefficient (Wildman–Crippen LogP) is 4.43. The Morgan fingerprint density at radius 3 is 2.62 bits per heavy atom. The Hall–Kier alpha value is -4.21. The quantitative estimate of drug-likeness (QED) is 0.426. The number of benzene rings is 2. The number of amides is 3. The van der Waals surface area contributed by atoms with Crippen molar-refractivity contribution in [2.45, 2.75) is 12.7 Å². The fourth-order valence-electron chi connectivity index (χ4n) is 5.31. The molecule has 1 atom stereocenters. The van der Waals surface area contributed by atoms with E-state index in [1.807, 2.05) is 42.1 Å². The summed E-state index contributed by atoms with van der Waals surface area (Å²) in [5.74, 6) is -0.195. The molecule has 4 heterocycles. The van der Waals surface area contributed by atoms with Crippen molar-refractivity contribution in [3.05, 3.63) is 83.2 Å². The largest absolute Gasteiger partial charge is 0.378 e. The van der Waals surface area contributed by atoms with Crippen LogP contribution >= 0.6 is 0 Å². The average molecular weight is 526 g/mol. The Kier molecular flexibility index (Phi) is 6.54. The molecule has 0 spiro atoms. The molecule has 9 nitrogen and oxygen atoms in total. The van der Waals surface area contributed by atoms with Crippen LogP contribution in [0, 0.1) is 0 Å². The third-order valence-electron chi connectivity index (χ3n) is 7.40. The van der Waals surface area contributed by atoms with Gasteiger partial charge < -0.3 is 29.2 Å². The number of urea groups is 1. The zero-order valence-corrected chi connectivity index (χ0v) is 22.3. The summed E-state index contributed by atoms with van der Waals surface area (Å²) >= 11 is 0. The van der Waals surface area contributed by atoms with E-state index in [-0.39, 0.29) is 18.0 Å². The van der Waals surface area contributed by atoms with Crippen molar-refractivity contribution in [2.24, 2.45) is 7.05 Å². The van der Waals surface area contributed by atoms with Crippen LogP contribution in [0.3, 0.4) is 0 Å². The van der Waals surface area contributed by atoms with E-state index in [1.165, 1.54) is 16.0 Å². The van der Waals surface area contributed by atoms with Gasteiger partial charge in [0.15, 0.2) is 0 Å². The fourth-order valence-corrected chi connectivity index (χ4v) is 5.31. The van der Waals surface area contributed by atoms with E-state index in [4.69, 9.17) is 14.5 Å². The molecule has 1 fully saturated rings. The number of hydrogen-bond acceptors (Lipinski definition) is 5. The smallest absolute Gasteiger partial charge is 0.322 e. The second-order valence-corrected chi connectivity index (χ2v) is 10.2. The Balaban J connectivity index is 1.38. The van der Waals surface area contributed by atoms with Crippen LogP contribution < -0.4 is 5.32 Å². The van der Waals surface area contributed by atoms with Gasteiger partial charge in [-0.15, -0.1) is 0 Å². The highest BCUT2D eigenvalue weighted by Crippen LogP contribution is 2.40. The number of rotatable bonds is 4. The molecule has 9 heteroatoms. The van der Waals surface area contributed by atoms with Crippen molar-refractivity contribution in [3.8, 4) is 11.1 Å². The molecular weight excluding hydrogens is 494 g/mol. The molecule has 1 saturated heterocycles. The zero-order valence-electron chi connectivity index (χ0n) is 22.3. The van der Waals surface area contributed by atoms with E-state index in [1.54, 1.807) is 25.1 Å². The summed E-state index contributed by atoms with van der Waals surface area (Å²) in [5, 5.41) is 3.93. The van der Waals surface area contributed by atoms with Crippen LogP contribution in [0.1, 0.15) is 33.2 Å². The summed E-state index contributed by atoms with van der Waals surface area (Å²) in [6, 6.07) is 15.7. The molecule has 0 bridgehead atoms. The van der Waals surface area contributed by atoms with Gasteiger partial charge in [0.25, 0.3) is 5.91 Å². The number of ether oxygens (including phenoxy) is 2. The van der Waals surface area contributed by atoms with Gasteiger partial charge in [-0.25, -0.2) is 9.78 Å². The summed E-state index contributed by atoms with van der Waals surface area (Å²) in [6.07, 6.45) is 3.74. The van der Waals surface area contributed by atoms with Crippen molar-refractivity contribution in [1.82, 2.24) is 19.4 Å². The number of carbonyl (C=O) groups is 2. The van der Waals surface area contributed by atoms with Gasteiger partial charge in [0.05, 0.1) is 31.1 Å². The number of pyridine rings is 1. The minimum Gasteiger partial charge on any atom is -0.378 e. The molecule has 4 aromatic rings. The summed E-state index contributed by atoms with van der Waals surface area (Å²) in [7, 11) is 5.39. The van der Waals surface area contributed by atoms with E-state index in [9.17, 15) is 9.59 Å². The van der Waals surface area contributed by atoms with Gasteiger partial charge >= 0.3 is 6.03 Å². The molecule has 2 aromatic carbocycles. The minimum atomic E-state index is -0.243. The maximum Gasteiger partial charge on any atom is 0.322 e. The number of hydrogen-bond donors (Lipinski definition) is 1. The van der Waals surface area contributed by atoms with Crippen molar-refractivity contribution < 1.29 is 19.1 Å². The number of fused-ring (bicyclic) bond motifs is 2. The van der Waals surface area contributed by atoms with Crippen LogP contribution in [0.5, 0.6) is 0 Å². The van der Waals surface area contributed by atoms with Crippen LogP contribution in [0.4, 0.5) is 10.5 Å².